The van der Waals surface area contributed by atoms with Crippen LogP contribution in [0.1, 0.15) is 31.7 Å². The van der Waals surface area contributed by atoms with Crippen molar-refractivity contribution in [3.05, 3.63) is 33.8 Å². The van der Waals surface area contributed by atoms with Crippen molar-refractivity contribution in [2.75, 3.05) is 6.54 Å². The zero-order valence-corrected chi connectivity index (χ0v) is 12.0. The molecule has 0 aliphatic carbocycles. The predicted octanol–water partition coefficient (Wildman–Crippen LogP) is 3.94. The number of nitrogens with zero attached hydrogens (tertiary/aromatic N) is 1. The molecule has 18 heavy (non-hydrogen) atoms. The number of ketones is 1. The molecular formula is C14H17Cl2NO. The fraction of sp³-hybridized carbons (Fsp3) is 0.500. The summed E-state index contributed by atoms with van der Waals surface area (Å²) < 4.78 is 0. The lowest BCUT2D eigenvalue weighted by Crippen LogP contribution is -2.30. The van der Waals surface area contributed by atoms with Gasteiger partial charge in [0, 0.05) is 34.6 Å². The summed E-state index contributed by atoms with van der Waals surface area (Å²) in [5.41, 5.74) is 0.969. The fourth-order valence-corrected chi connectivity index (χ4v) is 3.07. The Morgan fingerprint density at radius 2 is 2.06 bits per heavy atom. The minimum Gasteiger partial charge on any atom is -0.300 e. The van der Waals surface area contributed by atoms with E-state index >= 15 is 0 Å². The van der Waals surface area contributed by atoms with E-state index in [1.54, 1.807) is 6.92 Å². The number of rotatable bonds is 4. The lowest BCUT2D eigenvalue weighted by atomic mass is 10.1. The molecule has 2 nitrogen and oxygen atoms in total. The summed E-state index contributed by atoms with van der Waals surface area (Å²) in [6.07, 6.45) is 2.85. The van der Waals surface area contributed by atoms with Crippen molar-refractivity contribution in [1.82, 2.24) is 4.90 Å². The number of likely N-dealkylation sites (tertiary alicyclic amines) is 1. The van der Waals surface area contributed by atoms with Gasteiger partial charge < -0.3 is 0 Å². The summed E-state index contributed by atoms with van der Waals surface area (Å²) in [4.78, 5) is 13.6. The number of carbonyl (C=O) groups is 1. The Morgan fingerprint density at radius 3 is 2.67 bits per heavy atom. The fourth-order valence-electron chi connectivity index (χ4n) is 2.55. The molecule has 1 aliphatic rings. The summed E-state index contributed by atoms with van der Waals surface area (Å²) in [5, 5.41) is 1.41. The number of benzene rings is 1. The van der Waals surface area contributed by atoms with Crippen LogP contribution in [0.3, 0.4) is 0 Å². The smallest absolute Gasteiger partial charge is 0.131 e. The van der Waals surface area contributed by atoms with Crippen molar-refractivity contribution in [2.24, 2.45) is 0 Å². The minimum atomic E-state index is 0.247. The van der Waals surface area contributed by atoms with E-state index in [2.05, 4.69) is 4.90 Å². The van der Waals surface area contributed by atoms with Crippen LogP contribution in [0, 0.1) is 0 Å². The molecule has 1 atom stereocenters. The Kier molecular flexibility index (Phi) is 4.66. The maximum Gasteiger partial charge on any atom is 0.131 e. The number of carbonyl (C=O) groups excluding carboxylic acids is 1. The van der Waals surface area contributed by atoms with Crippen molar-refractivity contribution in [3.8, 4) is 0 Å². The average molecular weight is 286 g/mol. The first-order valence-electron chi connectivity index (χ1n) is 6.24. The maximum absolute atomic E-state index is 11.3. The Hall–Kier alpha value is -0.570. The summed E-state index contributed by atoms with van der Waals surface area (Å²) in [6, 6.07) is 5.91. The highest BCUT2D eigenvalue weighted by Crippen LogP contribution is 2.29. The van der Waals surface area contributed by atoms with E-state index in [0.29, 0.717) is 22.5 Å². The first-order valence-corrected chi connectivity index (χ1v) is 7.00. The molecule has 1 saturated heterocycles. The molecule has 1 fully saturated rings. The summed E-state index contributed by atoms with van der Waals surface area (Å²) in [7, 11) is 0. The second-order valence-corrected chi connectivity index (χ2v) is 5.69. The van der Waals surface area contributed by atoms with Crippen LogP contribution in [0.4, 0.5) is 0 Å². The highest BCUT2D eigenvalue weighted by atomic mass is 35.5. The second kappa shape index (κ2) is 6.05. The third-order valence-electron chi connectivity index (χ3n) is 3.45. The molecule has 1 unspecified atom stereocenters. The molecule has 0 radical (unpaired) electrons. The minimum absolute atomic E-state index is 0.247. The molecule has 0 saturated carbocycles. The van der Waals surface area contributed by atoms with Gasteiger partial charge in [0.15, 0.2) is 0 Å². The third-order valence-corrected chi connectivity index (χ3v) is 4.15. The molecule has 1 aliphatic heterocycles. The second-order valence-electron chi connectivity index (χ2n) is 4.87. The van der Waals surface area contributed by atoms with E-state index < -0.39 is 0 Å². The monoisotopic (exact) mass is 285 g/mol. The van der Waals surface area contributed by atoms with E-state index in [4.69, 9.17) is 23.2 Å². The van der Waals surface area contributed by atoms with Gasteiger partial charge in [0.2, 0.25) is 0 Å². The van der Waals surface area contributed by atoms with Gasteiger partial charge in [0.1, 0.15) is 5.78 Å². The van der Waals surface area contributed by atoms with Crippen molar-refractivity contribution in [1.29, 1.82) is 0 Å². The van der Waals surface area contributed by atoms with Gasteiger partial charge in [-0.05, 0) is 38.4 Å². The SMILES string of the molecule is CC(=O)CC1CCCN1Cc1c(Cl)cccc1Cl. The standard InChI is InChI=1S/C14H17Cl2NO/c1-10(18)8-11-4-3-7-17(11)9-12-13(15)5-2-6-14(12)16/h2,5-6,11H,3-4,7-9H2,1H3. The van der Waals surface area contributed by atoms with Crippen molar-refractivity contribution in [3.63, 3.8) is 0 Å². The zero-order chi connectivity index (χ0) is 13.1. The molecule has 2 rings (SSSR count). The lowest BCUT2D eigenvalue weighted by molar-refractivity contribution is -0.118. The molecule has 4 heteroatoms. The topological polar surface area (TPSA) is 20.3 Å². The normalized spacial score (nSPS) is 20.3. The molecule has 98 valence electrons. The first kappa shape index (κ1) is 13.9. The van der Waals surface area contributed by atoms with Crippen LogP contribution in [0.25, 0.3) is 0 Å². The Morgan fingerprint density at radius 1 is 1.39 bits per heavy atom. The lowest BCUT2D eigenvalue weighted by Gasteiger charge is -2.24. The van der Waals surface area contributed by atoms with Gasteiger partial charge in [-0.3, -0.25) is 9.69 Å². The highest BCUT2D eigenvalue weighted by Gasteiger charge is 2.26. The maximum atomic E-state index is 11.3. The molecule has 0 amide bonds. The molecule has 0 spiro atoms. The molecule has 1 aromatic carbocycles. The van der Waals surface area contributed by atoms with Crippen LogP contribution in [0.2, 0.25) is 10.0 Å². The average Bonchev–Trinajstić information content (AvgIpc) is 2.70. The molecule has 0 N–H and O–H groups in total. The largest absolute Gasteiger partial charge is 0.300 e. The predicted molar refractivity (Wildman–Crippen MR) is 75.2 cm³/mol. The molecular weight excluding hydrogens is 269 g/mol. The molecule has 1 heterocycles. The van der Waals surface area contributed by atoms with E-state index in [9.17, 15) is 4.79 Å². The van der Waals surface area contributed by atoms with E-state index in [0.717, 1.165) is 31.5 Å². The van der Waals surface area contributed by atoms with Gasteiger partial charge in [0.25, 0.3) is 0 Å². The Balaban J connectivity index is 2.10. The van der Waals surface area contributed by atoms with Crippen LogP contribution in [0.5, 0.6) is 0 Å². The summed E-state index contributed by atoms with van der Waals surface area (Å²) >= 11 is 12.4. The van der Waals surface area contributed by atoms with Gasteiger partial charge >= 0.3 is 0 Å². The van der Waals surface area contributed by atoms with Crippen molar-refractivity contribution < 1.29 is 4.79 Å². The molecule has 0 bridgehead atoms. The van der Waals surface area contributed by atoms with Crippen molar-refractivity contribution in [2.45, 2.75) is 38.8 Å². The van der Waals surface area contributed by atoms with Gasteiger partial charge in [-0.1, -0.05) is 29.3 Å². The quantitative estimate of drug-likeness (QED) is 0.835. The van der Waals surface area contributed by atoms with Gasteiger partial charge in [-0.25, -0.2) is 0 Å². The van der Waals surface area contributed by atoms with Crippen LogP contribution >= 0.6 is 23.2 Å². The van der Waals surface area contributed by atoms with Crippen LogP contribution < -0.4 is 0 Å². The molecule has 1 aromatic rings. The zero-order valence-electron chi connectivity index (χ0n) is 10.5. The number of halogens is 2. The first-order chi connectivity index (χ1) is 8.58. The third kappa shape index (κ3) is 3.25. The van der Waals surface area contributed by atoms with Crippen LogP contribution in [0.15, 0.2) is 18.2 Å². The number of hydrogen-bond acceptors (Lipinski definition) is 2. The number of hydrogen-bond donors (Lipinski definition) is 0. The van der Waals surface area contributed by atoms with Gasteiger partial charge in [-0.15, -0.1) is 0 Å². The molecule has 0 aromatic heterocycles. The van der Waals surface area contributed by atoms with E-state index in [1.165, 1.54) is 0 Å². The summed E-state index contributed by atoms with van der Waals surface area (Å²) in [6.45, 7) is 3.40. The van der Waals surface area contributed by atoms with E-state index in [1.807, 2.05) is 18.2 Å². The highest BCUT2D eigenvalue weighted by molar-refractivity contribution is 6.35. The van der Waals surface area contributed by atoms with Crippen LogP contribution in [-0.4, -0.2) is 23.3 Å². The number of Topliss-reactive ketones (excluding diaryl/α,β-unsaturated/α-hetero) is 1. The summed E-state index contributed by atoms with van der Waals surface area (Å²) in [5.74, 6) is 0.247. The van der Waals surface area contributed by atoms with Gasteiger partial charge in [0.05, 0.1) is 0 Å². The van der Waals surface area contributed by atoms with Crippen molar-refractivity contribution >= 4 is 29.0 Å². The van der Waals surface area contributed by atoms with Crippen LogP contribution in [-0.2, 0) is 11.3 Å². The van der Waals surface area contributed by atoms with E-state index in [-0.39, 0.29) is 5.78 Å². The Bertz CT molecular complexity index is 427. The Labute approximate surface area is 118 Å². The van der Waals surface area contributed by atoms with Gasteiger partial charge in [-0.2, -0.15) is 0 Å².